The highest BCUT2D eigenvalue weighted by atomic mass is 32.3. The summed E-state index contributed by atoms with van der Waals surface area (Å²) in [5.74, 6) is 0. The van der Waals surface area contributed by atoms with E-state index < -0.39 is 15.1 Å². The van der Waals surface area contributed by atoms with Gasteiger partial charge in [-0.1, -0.05) is 12.1 Å². The summed E-state index contributed by atoms with van der Waals surface area (Å²) in [7, 11) is -4.66. The zero-order chi connectivity index (χ0) is 8.48. The number of hydrogen-bond donors (Lipinski definition) is 0. The van der Waals surface area contributed by atoms with E-state index in [0.717, 1.165) is 6.26 Å². The Balaban J connectivity index is 3.24. The van der Waals surface area contributed by atoms with Gasteiger partial charge in [-0.05, 0) is 6.42 Å². The number of hydrogen-bond acceptors (Lipinski definition) is 4. The largest absolute Gasteiger partial charge is 0.363 e. The molecule has 0 bridgehead atoms. The molecule has 0 N–H and O–H groups in total. The molecule has 0 aliphatic heterocycles. The fraction of sp³-hybridized carbons (Fsp3) is 0.400. The van der Waals surface area contributed by atoms with Crippen molar-refractivity contribution in [3.05, 3.63) is 12.0 Å². The molecule has 0 unspecified atom stereocenters. The Kier molecular flexibility index (Phi) is 1.95. The minimum Gasteiger partial charge on any atom is -0.363 e. The molecule has 0 radical (unpaired) electrons. The summed E-state index contributed by atoms with van der Waals surface area (Å²) in [6.07, 6.45) is 1.11. The normalized spacial score (nSPS) is 11.8. The summed E-state index contributed by atoms with van der Waals surface area (Å²) < 4.78 is 37.2. The van der Waals surface area contributed by atoms with Crippen LogP contribution in [0.25, 0.3) is 0 Å². The van der Waals surface area contributed by atoms with Crippen LogP contribution in [0.2, 0.25) is 0 Å². The molecule has 0 spiro atoms. The van der Waals surface area contributed by atoms with E-state index >= 15 is 0 Å². The molecule has 0 atom stereocenters. The lowest BCUT2D eigenvalue weighted by Gasteiger charge is -1.88. The third kappa shape index (κ3) is 1.56. The van der Waals surface area contributed by atoms with E-state index in [1.807, 2.05) is 0 Å². The van der Waals surface area contributed by atoms with Gasteiger partial charge in [0.05, 0.1) is 0 Å². The Morgan fingerprint density at radius 3 is 2.73 bits per heavy atom. The molecular weight excluding hydrogens is 173 g/mol. The fourth-order valence-electron chi connectivity index (χ4n) is 0.688. The van der Waals surface area contributed by atoms with Crippen molar-refractivity contribution in [2.24, 2.45) is 0 Å². The molecule has 0 saturated carbocycles. The monoisotopic (exact) mass is 179 g/mol. The second-order valence-electron chi connectivity index (χ2n) is 1.92. The summed E-state index contributed by atoms with van der Waals surface area (Å²) in [6.45, 7) is 1.66. The van der Waals surface area contributed by atoms with Crippen molar-refractivity contribution in [3.63, 3.8) is 0 Å². The van der Waals surface area contributed by atoms with Crippen LogP contribution < -0.4 is 0 Å². The van der Waals surface area contributed by atoms with Gasteiger partial charge in [-0.15, -0.1) is 3.89 Å². The quantitative estimate of drug-likeness (QED) is 0.632. The van der Waals surface area contributed by atoms with Gasteiger partial charge < -0.3 is 4.52 Å². The second kappa shape index (κ2) is 2.61. The van der Waals surface area contributed by atoms with Crippen molar-refractivity contribution >= 4 is 10.2 Å². The average Bonchev–Trinajstić information content (AvgIpc) is 2.31. The van der Waals surface area contributed by atoms with E-state index in [2.05, 4.69) is 9.68 Å². The van der Waals surface area contributed by atoms with Gasteiger partial charge in [0.2, 0.25) is 0 Å². The number of halogens is 1. The molecule has 0 saturated heterocycles. The second-order valence-corrected chi connectivity index (χ2v) is 3.23. The maximum Gasteiger partial charge on any atom is 0.337 e. The topological polar surface area (TPSA) is 60.2 Å². The Labute approximate surface area is 63.2 Å². The highest BCUT2D eigenvalue weighted by molar-refractivity contribution is 7.86. The predicted molar refractivity (Wildman–Crippen MR) is 34.2 cm³/mol. The van der Waals surface area contributed by atoms with E-state index in [1.165, 1.54) is 0 Å². The zero-order valence-electron chi connectivity index (χ0n) is 5.74. The number of aryl methyl sites for hydroxylation is 1. The van der Waals surface area contributed by atoms with Crippen molar-refractivity contribution in [1.29, 1.82) is 0 Å². The van der Waals surface area contributed by atoms with Gasteiger partial charge in [-0.3, -0.25) is 0 Å². The first-order valence-electron chi connectivity index (χ1n) is 2.93. The summed E-state index contributed by atoms with van der Waals surface area (Å²) in [6, 6.07) is 0. The minimum absolute atomic E-state index is 0.118. The van der Waals surface area contributed by atoms with Crippen LogP contribution >= 0.6 is 0 Å². The van der Waals surface area contributed by atoms with E-state index in [-0.39, 0.29) is 5.69 Å². The molecule has 4 nitrogen and oxygen atoms in total. The summed E-state index contributed by atoms with van der Waals surface area (Å²) in [4.78, 5) is -0.472. The Bertz CT molecular complexity index is 342. The first kappa shape index (κ1) is 8.19. The molecule has 1 aromatic heterocycles. The highest BCUT2D eigenvalue weighted by Gasteiger charge is 2.19. The molecule has 0 fully saturated rings. The molecule has 0 aromatic carbocycles. The third-order valence-electron chi connectivity index (χ3n) is 1.20. The van der Waals surface area contributed by atoms with Gasteiger partial charge >= 0.3 is 10.2 Å². The fourth-order valence-corrected chi connectivity index (χ4v) is 1.31. The van der Waals surface area contributed by atoms with Crippen LogP contribution in [0.3, 0.4) is 0 Å². The number of nitrogens with zero attached hydrogens (tertiary/aromatic N) is 1. The van der Waals surface area contributed by atoms with Crippen LogP contribution in [-0.4, -0.2) is 13.6 Å². The molecule has 0 aliphatic carbocycles. The minimum atomic E-state index is -4.66. The van der Waals surface area contributed by atoms with Gasteiger partial charge in [0.25, 0.3) is 0 Å². The standard InChI is InChI=1S/C5H6FNO3S/c1-2-4-5(3-10-7-4)11(6,8)9/h3H,2H2,1H3. The van der Waals surface area contributed by atoms with Crippen molar-refractivity contribution in [1.82, 2.24) is 5.16 Å². The predicted octanol–water partition coefficient (Wildman–Crippen LogP) is 0.895. The van der Waals surface area contributed by atoms with Gasteiger partial charge in [0, 0.05) is 0 Å². The van der Waals surface area contributed by atoms with Crippen LogP contribution in [0.15, 0.2) is 15.7 Å². The number of aromatic nitrogens is 1. The third-order valence-corrected chi connectivity index (χ3v) is 2.06. The molecule has 62 valence electrons. The van der Waals surface area contributed by atoms with Crippen molar-refractivity contribution in [3.8, 4) is 0 Å². The zero-order valence-corrected chi connectivity index (χ0v) is 6.56. The first-order chi connectivity index (χ1) is 5.05. The lowest BCUT2D eigenvalue weighted by atomic mass is 10.3. The average molecular weight is 179 g/mol. The van der Waals surface area contributed by atoms with Gasteiger partial charge in [0.15, 0.2) is 4.90 Å². The lowest BCUT2D eigenvalue weighted by molar-refractivity contribution is 0.411. The van der Waals surface area contributed by atoms with E-state index in [4.69, 9.17) is 0 Å². The van der Waals surface area contributed by atoms with Crippen LogP contribution in [0, 0.1) is 0 Å². The smallest absolute Gasteiger partial charge is 0.337 e. The molecule has 6 heteroatoms. The van der Waals surface area contributed by atoms with Gasteiger partial charge in [-0.25, -0.2) is 0 Å². The molecule has 0 amide bonds. The lowest BCUT2D eigenvalue weighted by Crippen LogP contribution is -1.94. The van der Waals surface area contributed by atoms with Crippen LogP contribution in [-0.2, 0) is 16.6 Å². The first-order valence-corrected chi connectivity index (χ1v) is 4.32. The molecular formula is C5H6FNO3S. The SMILES string of the molecule is CCc1nocc1S(=O)(=O)F. The highest BCUT2D eigenvalue weighted by Crippen LogP contribution is 2.16. The Morgan fingerprint density at radius 2 is 2.36 bits per heavy atom. The molecule has 1 aromatic rings. The number of rotatable bonds is 2. The molecule has 0 aliphatic rings. The van der Waals surface area contributed by atoms with Crippen molar-refractivity contribution in [2.45, 2.75) is 18.2 Å². The molecule has 11 heavy (non-hydrogen) atoms. The Hall–Kier alpha value is -0.910. The summed E-state index contributed by atoms with van der Waals surface area (Å²) in [5, 5.41) is 3.31. The maximum absolute atomic E-state index is 12.3. The van der Waals surface area contributed by atoms with Crippen LogP contribution in [0.5, 0.6) is 0 Å². The molecule has 1 heterocycles. The maximum atomic E-state index is 12.3. The summed E-state index contributed by atoms with van der Waals surface area (Å²) in [5.41, 5.74) is 0.118. The van der Waals surface area contributed by atoms with Gasteiger partial charge in [-0.2, -0.15) is 8.42 Å². The van der Waals surface area contributed by atoms with Crippen molar-refractivity contribution in [2.75, 3.05) is 0 Å². The van der Waals surface area contributed by atoms with E-state index in [1.54, 1.807) is 6.92 Å². The molecule has 1 rings (SSSR count). The van der Waals surface area contributed by atoms with E-state index in [0.29, 0.717) is 6.42 Å². The van der Waals surface area contributed by atoms with Crippen LogP contribution in [0.4, 0.5) is 3.89 Å². The summed E-state index contributed by atoms with van der Waals surface area (Å²) >= 11 is 0. The van der Waals surface area contributed by atoms with Gasteiger partial charge in [0.1, 0.15) is 12.0 Å². The Morgan fingerprint density at radius 1 is 1.73 bits per heavy atom. The van der Waals surface area contributed by atoms with E-state index in [9.17, 15) is 12.3 Å². The van der Waals surface area contributed by atoms with Crippen molar-refractivity contribution < 1.29 is 16.8 Å². The van der Waals surface area contributed by atoms with Crippen LogP contribution in [0.1, 0.15) is 12.6 Å².